The number of ether oxygens (including phenoxy) is 3. The van der Waals surface area contributed by atoms with Crippen molar-refractivity contribution in [2.45, 2.75) is 19.6 Å². The van der Waals surface area contributed by atoms with Crippen LogP contribution in [0.1, 0.15) is 24.2 Å². The predicted molar refractivity (Wildman–Crippen MR) is 129 cm³/mol. The Morgan fingerprint density at radius 2 is 2.23 bits per heavy atom. The van der Waals surface area contributed by atoms with Gasteiger partial charge in [-0.25, -0.2) is 4.99 Å². The molecule has 0 aliphatic carbocycles. The average molecular weight is 545 g/mol. The SMILES string of the molecule is CCNC(=NCc1ccc(OCCO)c(OC)c1)N1CCOC(c2cnn(C)c2)C1.I. The number of aliphatic hydroxyl groups is 1. The van der Waals surface area contributed by atoms with Crippen molar-refractivity contribution in [3.63, 3.8) is 0 Å². The second kappa shape index (κ2) is 12.7. The van der Waals surface area contributed by atoms with Gasteiger partial charge in [0.05, 0.1) is 39.6 Å². The molecule has 2 N–H and O–H groups in total. The summed E-state index contributed by atoms with van der Waals surface area (Å²) in [4.78, 5) is 7.05. The minimum Gasteiger partial charge on any atom is -0.493 e. The van der Waals surface area contributed by atoms with Crippen molar-refractivity contribution in [3.8, 4) is 11.5 Å². The molecular formula is C21H32IN5O4. The summed E-state index contributed by atoms with van der Waals surface area (Å²) in [6.45, 7) is 5.67. The number of aryl methyl sites for hydroxylation is 1. The summed E-state index contributed by atoms with van der Waals surface area (Å²) in [5, 5.41) is 16.6. The topological polar surface area (TPSA) is 93.4 Å². The second-order valence-corrected chi connectivity index (χ2v) is 6.98. The van der Waals surface area contributed by atoms with E-state index < -0.39 is 0 Å². The zero-order chi connectivity index (χ0) is 21.3. The van der Waals surface area contributed by atoms with Gasteiger partial charge in [0.15, 0.2) is 17.5 Å². The van der Waals surface area contributed by atoms with Crippen LogP contribution in [0.5, 0.6) is 11.5 Å². The van der Waals surface area contributed by atoms with Crippen LogP contribution in [-0.2, 0) is 18.3 Å². The van der Waals surface area contributed by atoms with Crippen LogP contribution in [0.25, 0.3) is 0 Å². The maximum absolute atomic E-state index is 8.95. The lowest BCUT2D eigenvalue weighted by Crippen LogP contribution is -2.48. The first-order valence-corrected chi connectivity index (χ1v) is 10.2. The van der Waals surface area contributed by atoms with Crippen molar-refractivity contribution in [1.82, 2.24) is 20.0 Å². The first-order chi connectivity index (χ1) is 14.6. The van der Waals surface area contributed by atoms with Crippen molar-refractivity contribution in [2.75, 3.05) is 46.6 Å². The van der Waals surface area contributed by atoms with Crippen LogP contribution in [-0.4, -0.2) is 72.3 Å². The van der Waals surface area contributed by atoms with Crippen LogP contribution < -0.4 is 14.8 Å². The van der Waals surface area contributed by atoms with Crippen molar-refractivity contribution in [3.05, 3.63) is 41.7 Å². The molecule has 31 heavy (non-hydrogen) atoms. The van der Waals surface area contributed by atoms with Crippen molar-refractivity contribution >= 4 is 29.9 Å². The Morgan fingerprint density at radius 3 is 2.90 bits per heavy atom. The number of benzene rings is 1. The van der Waals surface area contributed by atoms with E-state index in [1.54, 1.807) is 11.8 Å². The highest BCUT2D eigenvalue weighted by Gasteiger charge is 2.25. The number of aromatic nitrogens is 2. The largest absolute Gasteiger partial charge is 0.493 e. The lowest BCUT2D eigenvalue weighted by Gasteiger charge is -2.34. The first kappa shape index (κ1) is 25.2. The normalized spacial score (nSPS) is 16.6. The zero-order valence-electron chi connectivity index (χ0n) is 18.3. The minimum atomic E-state index is -0.0408. The summed E-state index contributed by atoms with van der Waals surface area (Å²) < 4.78 is 18.6. The number of halogens is 1. The Balaban J connectivity index is 0.00000341. The molecule has 1 atom stereocenters. The number of methoxy groups -OCH3 is 1. The molecule has 1 unspecified atom stereocenters. The highest BCUT2D eigenvalue weighted by molar-refractivity contribution is 14.0. The van der Waals surface area contributed by atoms with E-state index in [-0.39, 0.29) is 43.3 Å². The number of hydrogen-bond donors (Lipinski definition) is 2. The van der Waals surface area contributed by atoms with E-state index in [2.05, 4.69) is 22.2 Å². The number of nitrogens with zero attached hydrogens (tertiary/aromatic N) is 4. The van der Waals surface area contributed by atoms with Crippen LogP contribution in [0, 0.1) is 0 Å². The van der Waals surface area contributed by atoms with Gasteiger partial charge in [-0.1, -0.05) is 6.07 Å². The molecule has 9 nitrogen and oxygen atoms in total. The van der Waals surface area contributed by atoms with Crippen molar-refractivity contribution in [2.24, 2.45) is 12.0 Å². The lowest BCUT2D eigenvalue weighted by molar-refractivity contribution is -0.00805. The predicted octanol–water partition coefficient (Wildman–Crippen LogP) is 1.96. The Labute approximate surface area is 200 Å². The van der Waals surface area contributed by atoms with Crippen molar-refractivity contribution < 1.29 is 19.3 Å². The fraction of sp³-hybridized carbons (Fsp3) is 0.524. The standard InChI is InChI=1S/C21H31N5O4.HI/c1-4-22-21(26-7-9-29-20(15-26)17-13-24-25(2)14-17)23-12-16-5-6-18(30-10-8-27)19(11-16)28-3;/h5-6,11,13-14,20,27H,4,7-10,12,15H2,1-3H3,(H,22,23);1H. The maximum atomic E-state index is 8.95. The van der Waals surface area contributed by atoms with Crippen LogP contribution in [0.2, 0.25) is 0 Å². The van der Waals surface area contributed by atoms with Crippen LogP contribution in [0.3, 0.4) is 0 Å². The van der Waals surface area contributed by atoms with E-state index in [0.29, 0.717) is 24.7 Å². The molecule has 1 aliphatic heterocycles. The lowest BCUT2D eigenvalue weighted by atomic mass is 10.1. The first-order valence-electron chi connectivity index (χ1n) is 10.2. The molecule has 1 aromatic carbocycles. The molecule has 1 fully saturated rings. The third-order valence-corrected chi connectivity index (χ3v) is 4.79. The van der Waals surface area contributed by atoms with Gasteiger partial charge in [0.25, 0.3) is 0 Å². The van der Waals surface area contributed by atoms with Gasteiger partial charge >= 0.3 is 0 Å². The molecule has 1 saturated heterocycles. The van der Waals surface area contributed by atoms with E-state index in [1.807, 2.05) is 37.6 Å². The molecule has 1 aromatic heterocycles. The van der Waals surface area contributed by atoms with Crippen LogP contribution in [0.4, 0.5) is 0 Å². The van der Waals surface area contributed by atoms with Gasteiger partial charge in [-0.15, -0.1) is 24.0 Å². The Bertz CT molecular complexity index is 845. The third-order valence-electron chi connectivity index (χ3n) is 4.79. The van der Waals surface area contributed by atoms with Gasteiger partial charge in [-0.3, -0.25) is 4.68 Å². The quantitative estimate of drug-likeness (QED) is 0.298. The van der Waals surface area contributed by atoms with Gasteiger partial charge in [0, 0.05) is 31.9 Å². The fourth-order valence-electron chi connectivity index (χ4n) is 3.33. The Hall–Kier alpha value is -2.05. The van der Waals surface area contributed by atoms with Gasteiger partial charge < -0.3 is 29.5 Å². The highest BCUT2D eigenvalue weighted by atomic mass is 127. The van der Waals surface area contributed by atoms with Gasteiger partial charge in [-0.05, 0) is 24.6 Å². The zero-order valence-corrected chi connectivity index (χ0v) is 20.6. The van der Waals surface area contributed by atoms with E-state index in [9.17, 15) is 0 Å². The van der Waals surface area contributed by atoms with Crippen molar-refractivity contribution in [1.29, 1.82) is 0 Å². The second-order valence-electron chi connectivity index (χ2n) is 6.98. The molecular weight excluding hydrogens is 513 g/mol. The number of aliphatic imine (C=N–C) groups is 1. The molecule has 0 amide bonds. The molecule has 172 valence electrons. The van der Waals surface area contributed by atoms with E-state index in [1.165, 1.54) is 0 Å². The molecule has 10 heteroatoms. The average Bonchev–Trinajstić information content (AvgIpc) is 3.22. The van der Waals surface area contributed by atoms with Gasteiger partial charge in [-0.2, -0.15) is 5.10 Å². The molecule has 0 spiro atoms. The summed E-state index contributed by atoms with van der Waals surface area (Å²) in [6.07, 6.45) is 3.81. The summed E-state index contributed by atoms with van der Waals surface area (Å²) in [5.74, 6) is 2.09. The summed E-state index contributed by atoms with van der Waals surface area (Å²) in [6, 6.07) is 5.72. The van der Waals surface area contributed by atoms with Gasteiger partial charge in [0.1, 0.15) is 12.7 Å². The van der Waals surface area contributed by atoms with Crippen LogP contribution >= 0.6 is 24.0 Å². The molecule has 1 aliphatic rings. The molecule has 3 rings (SSSR count). The highest BCUT2D eigenvalue weighted by Crippen LogP contribution is 2.28. The third kappa shape index (κ3) is 6.97. The number of morpholine rings is 1. The molecule has 0 radical (unpaired) electrons. The molecule has 2 heterocycles. The number of aliphatic hydroxyl groups excluding tert-OH is 1. The van der Waals surface area contributed by atoms with E-state index >= 15 is 0 Å². The van der Waals surface area contributed by atoms with Gasteiger partial charge in [0.2, 0.25) is 0 Å². The Kier molecular flexibility index (Phi) is 10.3. The molecule has 2 aromatic rings. The fourth-order valence-corrected chi connectivity index (χ4v) is 3.33. The van der Waals surface area contributed by atoms with Crippen LogP contribution in [0.15, 0.2) is 35.6 Å². The van der Waals surface area contributed by atoms with E-state index in [0.717, 1.165) is 36.7 Å². The summed E-state index contributed by atoms with van der Waals surface area (Å²) in [5.41, 5.74) is 2.08. The van der Waals surface area contributed by atoms with E-state index in [4.69, 9.17) is 24.3 Å². The summed E-state index contributed by atoms with van der Waals surface area (Å²) >= 11 is 0. The monoisotopic (exact) mass is 545 g/mol. The number of nitrogens with one attached hydrogen (secondary N) is 1. The molecule has 0 saturated carbocycles. The number of guanidine groups is 1. The number of hydrogen-bond acceptors (Lipinski definition) is 6. The maximum Gasteiger partial charge on any atom is 0.194 e. The molecule has 0 bridgehead atoms. The Morgan fingerprint density at radius 1 is 1.39 bits per heavy atom. The minimum absolute atomic E-state index is 0. The smallest absolute Gasteiger partial charge is 0.194 e. The number of rotatable bonds is 8. The summed E-state index contributed by atoms with van der Waals surface area (Å²) in [7, 11) is 3.51.